The summed E-state index contributed by atoms with van der Waals surface area (Å²) in [7, 11) is 1.76. The summed E-state index contributed by atoms with van der Waals surface area (Å²) in [5.74, 6) is 1.33. The maximum absolute atomic E-state index is 13.0. The molecule has 8 rings (SSSR count). The predicted molar refractivity (Wildman–Crippen MR) is 224 cm³/mol. The van der Waals surface area contributed by atoms with Crippen LogP contribution in [0.1, 0.15) is 11.6 Å². The maximum atomic E-state index is 13.0. The van der Waals surface area contributed by atoms with Crippen LogP contribution in [0.2, 0.25) is 5.15 Å². The summed E-state index contributed by atoms with van der Waals surface area (Å²) in [6, 6.07) is 36.4. The molecule has 0 saturated heterocycles. The van der Waals surface area contributed by atoms with E-state index in [-0.39, 0.29) is 5.56 Å². The molecule has 0 aliphatic rings. The van der Waals surface area contributed by atoms with Crippen molar-refractivity contribution in [1.82, 2.24) is 29.5 Å². The van der Waals surface area contributed by atoms with Crippen molar-refractivity contribution in [2.75, 3.05) is 0 Å². The summed E-state index contributed by atoms with van der Waals surface area (Å²) < 4.78 is 11.1. The second-order valence-electron chi connectivity index (χ2n) is 12.0. The molecule has 4 aromatic carbocycles. The summed E-state index contributed by atoms with van der Waals surface area (Å²) >= 11 is 20.4. The third kappa shape index (κ3) is 9.40. The molecule has 270 valence electrons. The van der Waals surface area contributed by atoms with E-state index in [1.54, 1.807) is 36.4 Å². The number of rotatable bonds is 4. The lowest BCUT2D eigenvalue weighted by atomic mass is 9.98. The predicted octanol–water partition coefficient (Wildman–Crippen LogP) is 12.1. The van der Waals surface area contributed by atoms with Gasteiger partial charge in [-0.1, -0.05) is 84.4 Å². The van der Waals surface area contributed by atoms with Crippen LogP contribution in [0.4, 0.5) is 0 Å². The van der Waals surface area contributed by atoms with E-state index in [9.17, 15) is 9.36 Å². The first-order chi connectivity index (χ1) is 25.9. The van der Waals surface area contributed by atoms with Crippen LogP contribution in [0.25, 0.3) is 66.3 Å². The smallest absolute Gasteiger partial charge is 0.299 e. The first-order valence-electron chi connectivity index (χ1n) is 16.5. The zero-order valence-corrected chi connectivity index (χ0v) is 33.1. The third-order valence-electron chi connectivity index (χ3n) is 8.47. The lowest BCUT2D eigenvalue weighted by molar-refractivity contribution is 0.600. The fourth-order valence-electron chi connectivity index (χ4n) is 5.89. The standard InChI is InChI=1S/C21H17N3O.C20H14ClN3.Cl3OP/c1-14-23-20(16-9-11-22-12-10-16)19(21(25)24(14)2)18-8-7-15-5-3-4-6-17(15)13-18;1-13-23-19(15-8-10-22-11-9-15)18(20(21)24-13)17-7-6-14-4-2-3-5-16(14)12-17;1-5(2,3)4/h3-13H,1-2H3;2-12H,1H3;. The lowest BCUT2D eigenvalue weighted by Gasteiger charge is -2.13. The molecule has 0 saturated carbocycles. The normalized spacial score (nSPS) is 11.0. The molecule has 8 aromatic rings. The van der Waals surface area contributed by atoms with E-state index in [1.165, 1.54) is 5.39 Å². The number of fused-ring (bicyclic) bond motifs is 2. The van der Waals surface area contributed by atoms with Crippen LogP contribution >= 0.6 is 50.5 Å². The number of halogens is 4. The van der Waals surface area contributed by atoms with E-state index in [0.717, 1.165) is 49.7 Å². The molecule has 0 fully saturated rings. The molecular weight excluding hydrogens is 781 g/mol. The Labute approximate surface area is 331 Å². The number of aryl methyl sites for hydroxylation is 2. The summed E-state index contributed by atoms with van der Waals surface area (Å²) in [6.45, 7) is 3.69. The van der Waals surface area contributed by atoms with Gasteiger partial charge in [-0.25, -0.2) is 15.0 Å². The average Bonchev–Trinajstić information content (AvgIpc) is 3.16. The SMILES string of the molecule is Cc1nc(-c2ccncc2)c(-c2ccc3ccccc3c2)c(=O)n1C.Cc1nc(Cl)c(-c2ccc3ccccc3c2)c(-c2ccncc2)n1.O=P(Cl)(Cl)Cl. The largest absolute Gasteiger partial charge is 0.339 e. The number of nitrogens with zero attached hydrogens (tertiary/aromatic N) is 6. The van der Waals surface area contributed by atoms with E-state index in [0.29, 0.717) is 28.1 Å². The Morgan fingerprint density at radius 3 is 1.46 bits per heavy atom. The van der Waals surface area contributed by atoms with Gasteiger partial charge in [0.2, 0.25) is 0 Å². The van der Waals surface area contributed by atoms with Gasteiger partial charge in [-0.05, 0) is 117 Å². The number of benzene rings is 4. The van der Waals surface area contributed by atoms with Crippen LogP contribution in [0.5, 0.6) is 0 Å². The minimum atomic E-state index is -3.22. The fourth-order valence-corrected chi connectivity index (χ4v) is 6.21. The van der Waals surface area contributed by atoms with Crippen molar-refractivity contribution in [2.24, 2.45) is 7.05 Å². The van der Waals surface area contributed by atoms with E-state index < -0.39 is 5.20 Å². The highest BCUT2D eigenvalue weighted by atomic mass is 36.0. The van der Waals surface area contributed by atoms with Crippen LogP contribution in [-0.2, 0) is 11.6 Å². The zero-order chi connectivity index (χ0) is 38.4. The maximum Gasteiger partial charge on any atom is 0.339 e. The van der Waals surface area contributed by atoms with Gasteiger partial charge in [0.15, 0.2) is 0 Å². The molecule has 0 aliphatic carbocycles. The molecule has 0 bridgehead atoms. The zero-order valence-electron chi connectivity index (χ0n) is 29.2. The summed E-state index contributed by atoms with van der Waals surface area (Å²) in [5, 5.41) is 1.84. The Balaban J connectivity index is 0.000000164. The van der Waals surface area contributed by atoms with E-state index in [1.807, 2.05) is 80.6 Å². The van der Waals surface area contributed by atoms with Crippen LogP contribution in [0.15, 0.2) is 139 Å². The Morgan fingerprint density at radius 2 is 0.981 bits per heavy atom. The second kappa shape index (κ2) is 17.0. The summed E-state index contributed by atoms with van der Waals surface area (Å²) in [6.07, 6.45) is 6.94. The van der Waals surface area contributed by atoms with Gasteiger partial charge in [-0.15, -0.1) is 0 Å². The molecule has 8 nitrogen and oxygen atoms in total. The minimum absolute atomic E-state index is 0.0467. The second-order valence-corrected chi connectivity index (χ2v) is 19.0. The molecule has 0 amide bonds. The quantitative estimate of drug-likeness (QED) is 0.129. The first kappa shape index (κ1) is 38.8. The third-order valence-corrected chi connectivity index (χ3v) is 8.75. The van der Waals surface area contributed by atoms with Crippen molar-refractivity contribution in [3.05, 3.63) is 161 Å². The monoisotopic (exact) mass is 810 g/mol. The Kier molecular flexibility index (Phi) is 12.2. The molecule has 54 heavy (non-hydrogen) atoms. The van der Waals surface area contributed by atoms with Crippen molar-refractivity contribution in [3.63, 3.8) is 0 Å². The van der Waals surface area contributed by atoms with E-state index in [4.69, 9.17) is 16.6 Å². The van der Waals surface area contributed by atoms with Crippen molar-refractivity contribution in [2.45, 2.75) is 13.8 Å². The van der Waals surface area contributed by atoms with Crippen LogP contribution in [-0.4, -0.2) is 29.5 Å². The van der Waals surface area contributed by atoms with Gasteiger partial charge in [-0.2, -0.15) is 0 Å². The van der Waals surface area contributed by atoms with Gasteiger partial charge in [0.25, 0.3) is 5.56 Å². The molecule has 0 atom stereocenters. The van der Waals surface area contributed by atoms with Gasteiger partial charge in [0.05, 0.1) is 17.0 Å². The van der Waals surface area contributed by atoms with Gasteiger partial charge < -0.3 is 0 Å². The molecule has 4 heterocycles. The molecule has 0 aliphatic heterocycles. The number of hydrogen-bond acceptors (Lipinski definition) is 7. The highest BCUT2D eigenvalue weighted by Crippen LogP contribution is 2.61. The van der Waals surface area contributed by atoms with Crippen molar-refractivity contribution < 1.29 is 4.57 Å². The summed E-state index contributed by atoms with van der Waals surface area (Å²) in [4.78, 5) is 34.9. The topological polar surface area (TPSA) is 104 Å². The fraction of sp³-hybridized carbons (Fsp3) is 0.0732. The van der Waals surface area contributed by atoms with Crippen molar-refractivity contribution >= 4 is 72.1 Å². The van der Waals surface area contributed by atoms with Crippen molar-refractivity contribution in [1.29, 1.82) is 0 Å². The molecule has 0 radical (unpaired) electrons. The molecule has 0 unspecified atom stereocenters. The molecule has 0 N–H and O–H groups in total. The Hall–Kier alpha value is -4.95. The average molecular weight is 813 g/mol. The minimum Gasteiger partial charge on any atom is -0.299 e. The van der Waals surface area contributed by atoms with Gasteiger partial charge in [-0.3, -0.25) is 23.9 Å². The Bertz CT molecular complexity index is 2700. The summed E-state index contributed by atoms with van der Waals surface area (Å²) in [5.41, 5.74) is 6.67. The number of hydrogen-bond donors (Lipinski definition) is 0. The van der Waals surface area contributed by atoms with E-state index in [2.05, 4.69) is 96.1 Å². The van der Waals surface area contributed by atoms with Gasteiger partial charge in [0.1, 0.15) is 16.8 Å². The number of pyridine rings is 2. The van der Waals surface area contributed by atoms with Crippen LogP contribution in [0.3, 0.4) is 0 Å². The first-order valence-corrected chi connectivity index (χ1v) is 21.3. The molecule has 0 spiro atoms. The van der Waals surface area contributed by atoms with Crippen LogP contribution in [0, 0.1) is 13.8 Å². The van der Waals surface area contributed by atoms with Gasteiger partial charge in [0, 0.05) is 48.5 Å². The molecule has 13 heteroatoms. The molecular formula is C41H31Cl4N6O2P. The lowest BCUT2D eigenvalue weighted by Crippen LogP contribution is -2.23. The van der Waals surface area contributed by atoms with E-state index >= 15 is 0 Å². The molecule has 4 aromatic heterocycles. The highest BCUT2D eigenvalue weighted by Gasteiger charge is 2.18. The highest BCUT2D eigenvalue weighted by molar-refractivity contribution is 8.24. The van der Waals surface area contributed by atoms with Crippen molar-refractivity contribution in [3.8, 4) is 44.8 Å². The number of aromatic nitrogens is 6. The van der Waals surface area contributed by atoms with Gasteiger partial charge >= 0.3 is 5.20 Å². The Morgan fingerprint density at radius 1 is 0.556 bits per heavy atom. The van der Waals surface area contributed by atoms with Crippen LogP contribution < -0.4 is 5.56 Å².